The Labute approximate surface area is 188 Å². The predicted octanol–water partition coefficient (Wildman–Crippen LogP) is 5.93. The van der Waals surface area contributed by atoms with E-state index in [2.05, 4.69) is 40.4 Å². The van der Waals surface area contributed by atoms with Gasteiger partial charge in [0.05, 0.1) is 19.8 Å². The molecule has 2 atom stereocenters. The zero-order valence-corrected chi connectivity index (χ0v) is 20.5. The van der Waals surface area contributed by atoms with Gasteiger partial charge >= 0.3 is 0 Å². The minimum atomic E-state index is -2.06. The molecular weight excluding hydrogens is 404 g/mol. The summed E-state index contributed by atoms with van der Waals surface area (Å²) in [5, 5.41) is 0.0231. The number of carbonyl (C=O) groups is 1. The summed E-state index contributed by atoms with van der Waals surface area (Å²) >= 11 is 0. The predicted molar refractivity (Wildman–Crippen MR) is 128 cm³/mol. The van der Waals surface area contributed by atoms with Crippen molar-refractivity contribution in [3.05, 3.63) is 84.4 Å². The highest BCUT2D eigenvalue weighted by Gasteiger charge is 2.39. The Morgan fingerprint density at radius 2 is 1.42 bits per heavy atom. The molecule has 2 aromatic rings. The van der Waals surface area contributed by atoms with Crippen LogP contribution in [-0.2, 0) is 31.9 Å². The number of hydrogen-bond donors (Lipinski definition) is 0. The van der Waals surface area contributed by atoms with Gasteiger partial charge in [0.25, 0.3) is 0 Å². The van der Waals surface area contributed by atoms with E-state index in [1.54, 1.807) is 6.08 Å². The molecule has 0 fully saturated rings. The number of hydrogen-bond acceptors (Lipinski definition) is 4. The van der Waals surface area contributed by atoms with Gasteiger partial charge < -0.3 is 13.9 Å². The normalized spacial score (nSPS) is 14.1. The van der Waals surface area contributed by atoms with Crippen molar-refractivity contribution in [2.45, 2.75) is 64.3 Å². The lowest BCUT2D eigenvalue weighted by Gasteiger charge is -2.36. The molecule has 0 saturated carbocycles. The first-order valence-corrected chi connectivity index (χ1v) is 13.6. The van der Waals surface area contributed by atoms with Crippen LogP contribution < -0.4 is 0 Å². The summed E-state index contributed by atoms with van der Waals surface area (Å²) in [7, 11) is -2.06. The summed E-state index contributed by atoms with van der Waals surface area (Å²) in [5.74, 6) is -0.126. The standard InChI is InChI=1S/C26H36O4Si/c1-7-24(28-18-21-14-10-8-11-15-21)25(29-19-22-16-12-9-13-17-22)23(27)20-30-31(5,6)26(2,3)4/h7-17,24-25H,1,18-20H2,2-6H3/t24-,25-/m0/s1. The molecule has 0 bridgehead atoms. The molecule has 0 heterocycles. The average Bonchev–Trinajstić information content (AvgIpc) is 2.75. The van der Waals surface area contributed by atoms with Crippen molar-refractivity contribution in [3.63, 3.8) is 0 Å². The maximum atomic E-state index is 13.2. The van der Waals surface area contributed by atoms with E-state index in [0.29, 0.717) is 13.2 Å². The van der Waals surface area contributed by atoms with E-state index in [1.807, 2.05) is 60.7 Å². The van der Waals surface area contributed by atoms with Gasteiger partial charge in [0, 0.05) is 0 Å². The van der Waals surface area contributed by atoms with Crippen molar-refractivity contribution in [2.24, 2.45) is 0 Å². The monoisotopic (exact) mass is 440 g/mol. The van der Waals surface area contributed by atoms with Crippen LogP contribution in [0.15, 0.2) is 73.3 Å². The van der Waals surface area contributed by atoms with Gasteiger partial charge in [-0.25, -0.2) is 0 Å². The van der Waals surface area contributed by atoms with Crippen LogP contribution in [0.5, 0.6) is 0 Å². The smallest absolute Gasteiger partial charge is 0.192 e. The molecule has 0 amide bonds. The highest BCUT2D eigenvalue weighted by atomic mass is 28.4. The first-order chi connectivity index (χ1) is 14.6. The Bertz CT molecular complexity index is 812. The number of carbonyl (C=O) groups excluding carboxylic acids is 1. The minimum Gasteiger partial charge on any atom is -0.409 e. The fourth-order valence-corrected chi connectivity index (χ4v) is 3.66. The quantitative estimate of drug-likeness (QED) is 0.303. The van der Waals surface area contributed by atoms with E-state index in [1.165, 1.54) is 0 Å². The summed E-state index contributed by atoms with van der Waals surface area (Å²) in [5.41, 5.74) is 2.03. The van der Waals surface area contributed by atoms with Crippen LogP contribution in [0, 0.1) is 0 Å². The van der Waals surface area contributed by atoms with E-state index < -0.39 is 20.5 Å². The summed E-state index contributed by atoms with van der Waals surface area (Å²) in [6, 6.07) is 19.7. The zero-order chi connectivity index (χ0) is 22.9. The second kappa shape index (κ2) is 11.5. The lowest BCUT2D eigenvalue weighted by atomic mass is 10.1. The first-order valence-electron chi connectivity index (χ1n) is 10.7. The number of ether oxygens (including phenoxy) is 2. The van der Waals surface area contributed by atoms with Crippen molar-refractivity contribution < 1.29 is 18.7 Å². The van der Waals surface area contributed by atoms with E-state index >= 15 is 0 Å². The van der Waals surface area contributed by atoms with Crippen LogP contribution in [-0.4, -0.2) is 32.9 Å². The Morgan fingerprint density at radius 1 is 0.935 bits per heavy atom. The molecule has 168 valence electrons. The molecule has 5 heteroatoms. The van der Waals surface area contributed by atoms with Gasteiger partial charge in [0.2, 0.25) is 0 Å². The first kappa shape index (κ1) is 25.2. The van der Waals surface area contributed by atoms with Gasteiger partial charge in [-0.05, 0) is 29.3 Å². The van der Waals surface area contributed by atoms with E-state index in [0.717, 1.165) is 11.1 Å². The van der Waals surface area contributed by atoms with Crippen LogP contribution in [0.25, 0.3) is 0 Å². The number of ketones is 1. The third kappa shape index (κ3) is 7.85. The fourth-order valence-electron chi connectivity index (χ4n) is 2.73. The summed E-state index contributed by atoms with van der Waals surface area (Å²) in [4.78, 5) is 13.2. The molecule has 0 aliphatic carbocycles. The fraction of sp³-hybridized carbons (Fsp3) is 0.423. The Morgan fingerprint density at radius 3 is 1.87 bits per heavy atom. The second-order valence-electron chi connectivity index (χ2n) is 9.23. The minimum absolute atomic E-state index is 0.00891. The molecule has 0 aromatic heterocycles. The SMILES string of the molecule is C=C[C@H](OCc1ccccc1)[C@@H](OCc1ccccc1)C(=O)CO[Si](C)(C)C(C)(C)C. The van der Waals surface area contributed by atoms with Crippen molar-refractivity contribution in [2.75, 3.05) is 6.61 Å². The van der Waals surface area contributed by atoms with Crippen LogP contribution >= 0.6 is 0 Å². The Balaban J connectivity index is 2.11. The van der Waals surface area contributed by atoms with Crippen LogP contribution in [0.4, 0.5) is 0 Å². The lowest BCUT2D eigenvalue weighted by Crippen LogP contribution is -2.45. The molecule has 31 heavy (non-hydrogen) atoms. The summed E-state index contributed by atoms with van der Waals surface area (Å²) in [6.45, 7) is 15.3. The van der Waals surface area contributed by atoms with Crippen molar-refractivity contribution in [1.29, 1.82) is 0 Å². The molecule has 0 unspecified atom stereocenters. The third-order valence-electron chi connectivity index (χ3n) is 5.79. The number of rotatable bonds is 12. The van der Waals surface area contributed by atoms with Gasteiger partial charge in [-0.15, -0.1) is 6.58 Å². The lowest BCUT2D eigenvalue weighted by molar-refractivity contribution is -0.143. The van der Waals surface area contributed by atoms with Crippen molar-refractivity contribution in [3.8, 4) is 0 Å². The molecule has 2 rings (SSSR count). The van der Waals surface area contributed by atoms with Crippen molar-refractivity contribution in [1.82, 2.24) is 0 Å². The van der Waals surface area contributed by atoms with E-state index in [4.69, 9.17) is 13.9 Å². The molecule has 2 aromatic carbocycles. The van der Waals surface area contributed by atoms with Crippen molar-refractivity contribution >= 4 is 14.1 Å². The zero-order valence-electron chi connectivity index (χ0n) is 19.5. The molecular formula is C26H36O4Si. The summed E-state index contributed by atoms with van der Waals surface area (Å²) in [6.07, 6.45) is 0.286. The van der Waals surface area contributed by atoms with Crippen LogP contribution in [0.3, 0.4) is 0 Å². The Hall–Kier alpha value is -2.05. The highest BCUT2D eigenvalue weighted by Crippen LogP contribution is 2.36. The van der Waals surface area contributed by atoms with Crippen LogP contribution in [0.2, 0.25) is 18.1 Å². The molecule has 0 saturated heterocycles. The largest absolute Gasteiger partial charge is 0.409 e. The highest BCUT2D eigenvalue weighted by molar-refractivity contribution is 6.74. The van der Waals surface area contributed by atoms with Gasteiger partial charge in [-0.2, -0.15) is 0 Å². The third-order valence-corrected chi connectivity index (χ3v) is 10.3. The second-order valence-corrected chi connectivity index (χ2v) is 14.0. The molecule has 0 aliphatic rings. The van der Waals surface area contributed by atoms with E-state index in [9.17, 15) is 4.79 Å². The van der Waals surface area contributed by atoms with Crippen LogP contribution in [0.1, 0.15) is 31.9 Å². The average molecular weight is 441 g/mol. The summed E-state index contributed by atoms with van der Waals surface area (Å²) < 4.78 is 18.3. The van der Waals surface area contributed by atoms with E-state index in [-0.39, 0.29) is 17.4 Å². The topological polar surface area (TPSA) is 44.8 Å². The molecule has 0 N–H and O–H groups in total. The molecule has 0 spiro atoms. The molecule has 0 radical (unpaired) electrons. The van der Waals surface area contributed by atoms with Gasteiger partial charge in [0.1, 0.15) is 12.2 Å². The number of Topliss-reactive ketones (excluding diaryl/α,β-unsaturated/α-hetero) is 1. The maximum Gasteiger partial charge on any atom is 0.192 e. The molecule has 0 aliphatic heterocycles. The van der Waals surface area contributed by atoms with Gasteiger partial charge in [0.15, 0.2) is 14.1 Å². The molecule has 4 nitrogen and oxygen atoms in total. The van der Waals surface area contributed by atoms with Gasteiger partial charge in [-0.1, -0.05) is 87.5 Å². The van der Waals surface area contributed by atoms with Gasteiger partial charge in [-0.3, -0.25) is 4.79 Å². The number of benzene rings is 2. The Kier molecular flexibility index (Phi) is 9.38. The maximum absolute atomic E-state index is 13.2.